The molecule has 2 fully saturated rings. The first-order valence-corrected chi connectivity index (χ1v) is 10.7. The lowest BCUT2D eigenvalue weighted by Crippen LogP contribution is -2.49. The monoisotopic (exact) mass is 524 g/mol. The highest BCUT2D eigenvalue weighted by Gasteiger charge is 2.36. The molecule has 1 aromatic heterocycles. The normalized spacial score (nSPS) is 19.4. The summed E-state index contributed by atoms with van der Waals surface area (Å²) in [6.07, 6.45) is 8.70. The number of hydrogen-bond donors (Lipinski definition) is 2. The van der Waals surface area contributed by atoms with Gasteiger partial charge in [0.25, 0.3) is 0 Å². The lowest BCUT2D eigenvalue weighted by Gasteiger charge is -2.36. The molecule has 2 N–H and O–H groups in total. The Kier molecular flexibility index (Phi) is 7.96. The molecule has 0 unspecified atom stereocenters. The summed E-state index contributed by atoms with van der Waals surface area (Å²) in [5, 5.41) is 10.7. The van der Waals surface area contributed by atoms with Crippen molar-refractivity contribution in [2.75, 3.05) is 33.8 Å². The van der Waals surface area contributed by atoms with Crippen LogP contribution in [0.1, 0.15) is 55.8 Å². The second-order valence-corrected chi connectivity index (χ2v) is 8.25. The minimum Gasteiger partial charge on any atom is -0.497 e. The molecule has 1 aromatic carbocycles. The number of aromatic nitrogens is 3. The quantitative estimate of drug-likeness (QED) is 0.355. The minimum absolute atomic E-state index is 0. The average Bonchev–Trinajstić information content (AvgIpc) is 3.48. The van der Waals surface area contributed by atoms with E-state index < -0.39 is 0 Å². The van der Waals surface area contributed by atoms with Crippen LogP contribution < -0.4 is 10.1 Å². The molecule has 0 radical (unpaired) electrons. The molecule has 1 aliphatic carbocycles. The molecule has 164 valence electrons. The van der Waals surface area contributed by atoms with Crippen LogP contribution in [0.4, 0.5) is 0 Å². The van der Waals surface area contributed by atoms with Crippen molar-refractivity contribution in [2.24, 2.45) is 4.99 Å². The number of halogens is 1. The molecule has 1 saturated heterocycles. The number of nitrogens with zero attached hydrogens (tertiary/aromatic N) is 4. The zero-order valence-corrected chi connectivity index (χ0v) is 20.3. The van der Waals surface area contributed by atoms with E-state index in [4.69, 9.17) is 4.74 Å². The summed E-state index contributed by atoms with van der Waals surface area (Å²) < 4.78 is 5.48. The second-order valence-electron chi connectivity index (χ2n) is 8.25. The Morgan fingerprint density at radius 3 is 2.70 bits per heavy atom. The highest BCUT2D eigenvalue weighted by atomic mass is 127. The molecule has 1 saturated carbocycles. The van der Waals surface area contributed by atoms with Crippen molar-refractivity contribution in [3.8, 4) is 5.75 Å². The zero-order chi connectivity index (χ0) is 20.1. The SMILES string of the molecule is CN=C(NCC1(c2cccc(OC)c2)CCCC1)N1CCC(c2ncn[nH]2)CC1.I. The van der Waals surface area contributed by atoms with Crippen molar-refractivity contribution >= 4 is 29.9 Å². The van der Waals surface area contributed by atoms with Gasteiger partial charge in [-0.2, -0.15) is 5.10 Å². The molecule has 0 bridgehead atoms. The number of piperidine rings is 1. The number of likely N-dealkylation sites (tertiary alicyclic amines) is 1. The third kappa shape index (κ3) is 4.90. The molecule has 0 spiro atoms. The summed E-state index contributed by atoms with van der Waals surface area (Å²) in [4.78, 5) is 11.3. The molecule has 0 atom stereocenters. The number of H-pyrrole nitrogens is 1. The number of guanidine groups is 1. The smallest absolute Gasteiger partial charge is 0.193 e. The molecular weight excluding hydrogens is 491 g/mol. The van der Waals surface area contributed by atoms with Gasteiger partial charge >= 0.3 is 0 Å². The van der Waals surface area contributed by atoms with Crippen molar-refractivity contribution in [3.63, 3.8) is 0 Å². The van der Waals surface area contributed by atoms with Crippen LogP contribution in [0.25, 0.3) is 0 Å². The van der Waals surface area contributed by atoms with Crippen LogP contribution in [0.5, 0.6) is 5.75 Å². The van der Waals surface area contributed by atoms with E-state index in [9.17, 15) is 0 Å². The number of benzene rings is 1. The Balaban J connectivity index is 0.00000256. The van der Waals surface area contributed by atoms with Gasteiger partial charge in [-0.05, 0) is 43.4 Å². The predicted octanol–water partition coefficient (Wildman–Crippen LogP) is 3.70. The summed E-state index contributed by atoms with van der Waals surface area (Å²) in [5.41, 5.74) is 1.53. The fourth-order valence-electron chi connectivity index (χ4n) is 4.93. The molecule has 4 rings (SSSR count). The molecule has 30 heavy (non-hydrogen) atoms. The van der Waals surface area contributed by atoms with Gasteiger partial charge in [0.05, 0.1) is 7.11 Å². The largest absolute Gasteiger partial charge is 0.497 e. The first-order chi connectivity index (χ1) is 14.2. The molecular formula is C22H33IN6O. The fourth-order valence-corrected chi connectivity index (χ4v) is 4.93. The molecule has 2 aromatic rings. The van der Waals surface area contributed by atoms with Crippen LogP contribution in [0.3, 0.4) is 0 Å². The van der Waals surface area contributed by atoms with Crippen molar-refractivity contribution in [3.05, 3.63) is 42.0 Å². The first-order valence-electron chi connectivity index (χ1n) is 10.7. The highest BCUT2D eigenvalue weighted by molar-refractivity contribution is 14.0. The maximum atomic E-state index is 5.48. The van der Waals surface area contributed by atoms with Gasteiger partial charge in [0.15, 0.2) is 5.96 Å². The van der Waals surface area contributed by atoms with E-state index in [1.165, 1.54) is 31.2 Å². The van der Waals surface area contributed by atoms with Gasteiger partial charge in [0.1, 0.15) is 17.9 Å². The molecule has 0 amide bonds. The Hall–Kier alpha value is -1.84. The highest BCUT2D eigenvalue weighted by Crippen LogP contribution is 2.41. The molecule has 2 aliphatic rings. The molecule has 8 heteroatoms. The summed E-state index contributed by atoms with van der Waals surface area (Å²) in [7, 11) is 3.63. The maximum Gasteiger partial charge on any atom is 0.193 e. The van der Waals surface area contributed by atoms with Crippen LogP contribution in [-0.4, -0.2) is 59.8 Å². The van der Waals surface area contributed by atoms with E-state index in [2.05, 4.69) is 48.6 Å². The van der Waals surface area contributed by atoms with Crippen molar-refractivity contribution in [1.29, 1.82) is 0 Å². The summed E-state index contributed by atoms with van der Waals surface area (Å²) in [6.45, 7) is 2.88. The van der Waals surface area contributed by atoms with Crippen molar-refractivity contribution < 1.29 is 4.74 Å². The maximum absolute atomic E-state index is 5.48. The topological polar surface area (TPSA) is 78.4 Å². The van der Waals surface area contributed by atoms with Crippen LogP contribution in [0, 0.1) is 0 Å². The average molecular weight is 524 g/mol. The predicted molar refractivity (Wildman–Crippen MR) is 130 cm³/mol. The zero-order valence-electron chi connectivity index (χ0n) is 17.9. The number of ether oxygens (including phenoxy) is 1. The second kappa shape index (κ2) is 10.5. The molecule has 2 heterocycles. The number of aliphatic imine (C=N–C) groups is 1. The van der Waals surface area contributed by atoms with Crippen molar-refractivity contribution in [1.82, 2.24) is 25.4 Å². The van der Waals surface area contributed by atoms with Crippen LogP contribution in [0.2, 0.25) is 0 Å². The Morgan fingerprint density at radius 1 is 1.30 bits per heavy atom. The van der Waals surface area contributed by atoms with Gasteiger partial charge < -0.3 is 15.0 Å². The van der Waals surface area contributed by atoms with Crippen LogP contribution in [-0.2, 0) is 5.41 Å². The van der Waals surface area contributed by atoms with Crippen LogP contribution >= 0.6 is 24.0 Å². The van der Waals surface area contributed by atoms with Crippen LogP contribution in [0.15, 0.2) is 35.6 Å². The summed E-state index contributed by atoms with van der Waals surface area (Å²) in [6, 6.07) is 8.59. The van der Waals surface area contributed by atoms with E-state index in [0.29, 0.717) is 5.92 Å². The Labute approximate surface area is 196 Å². The molecule has 7 nitrogen and oxygen atoms in total. The third-order valence-corrected chi connectivity index (χ3v) is 6.65. The third-order valence-electron chi connectivity index (χ3n) is 6.65. The number of rotatable bonds is 5. The van der Waals surface area contributed by atoms with E-state index >= 15 is 0 Å². The van der Waals surface area contributed by atoms with Gasteiger partial charge in [-0.3, -0.25) is 10.1 Å². The van der Waals surface area contributed by atoms with E-state index in [1.54, 1.807) is 13.4 Å². The van der Waals surface area contributed by atoms with E-state index in [-0.39, 0.29) is 29.4 Å². The summed E-state index contributed by atoms with van der Waals surface area (Å²) in [5.74, 6) is 3.42. The van der Waals surface area contributed by atoms with E-state index in [1.807, 2.05) is 13.1 Å². The molecule has 1 aliphatic heterocycles. The first kappa shape index (κ1) is 22.8. The lowest BCUT2D eigenvalue weighted by atomic mass is 9.78. The standard InChI is InChI=1S/C22H32N6O.HI/c1-23-21(28-12-8-17(9-13-28)20-25-16-26-27-20)24-15-22(10-3-4-11-22)18-6-5-7-19(14-18)29-2;/h5-7,14,16-17H,3-4,8-13,15H2,1-2H3,(H,23,24)(H,25,26,27);1H. The number of methoxy groups -OCH3 is 1. The van der Waals surface area contributed by atoms with Gasteiger partial charge in [0, 0.05) is 38.0 Å². The van der Waals surface area contributed by atoms with Gasteiger partial charge in [-0.15, -0.1) is 24.0 Å². The summed E-state index contributed by atoms with van der Waals surface area (Å²) >= 11 is 0. The Morgan fingerprint density at radius 2 is 2.07 bits per heavy atom. The Bertz CT molecular complexity index is 811. The lowest BCUT2D eigenvalue weighted by molar-refractivity contribution is 0.295. The van der Waals surface area contributed by atoms with Crippen molar-refractivity contribution in [2.45, 2.75) is 49.9 Å². The van der Waals surface area contributed by atoms with E-state index in [0.717, 1.165) is 50.0 Å². The fraction of sp³-hybridized carbons (Fsp3) is 0.591. The number of hydrogen-bond acceptors (Lipinski definition) is 4. The van der Waals surface area contributed by atoms with Gasteiger partial charge in [0.2, 0.25) is 0 Å². The number of nitrogens with one attached hydrogen (secondary N) is 2. The minimum atomic E-state index is 0. The van der Waals surface area contributed by atoms with Gasteiger partial charge in [-0.25, -0.2) is 4.98 Å². The number of aromatic amines is 1. The van der Waals surface area contributed by atoms with Gasteiger partial charge in [-0.1, -0.05) is 25.0 Å².